The molecule has 1 N–H and O–H groups in total. The molecule has 4 heteroatoms. The lowest BCUT2D eigenvalue weighted by atomic mass is 10.1. The van der Waals surface area contributed by atoms with Crippen molar-refractivity contribution in [3.63, 3.8) is 0 Å². The van der Waals surface area contributed by atoms with Crippen molar-refractivity contribution in [1.82, 2.24) is 10.2 Å². The van der Waals surface area contributed by atoms with Crippen LogP contribution < -0.4 is 5.32 Å². The van der Waals surface area contributed by atoms with Crippen LogP contribution in [0.15, 0.2) is 0 Å². The molecule has 1 aliphatic rings. The summed E-state index contributed by atoms with van der Waals surface area (Å²) in [5.41, 5.74) is 0. The third-order valence-corrected chi connectivity index (χ3v) is 3.52. The lowest BCUT2D eigenvalue weighted by Crippen LogP contribution is -2.39. The fraction of sp³-hybridized carbons (Fsp3) is 0.923. The Kier molecular flexibility index (Phi) is 7.21. The first-order valence-corrected chi connectivity index (χ1v) is 6.75. The molecule has 4 nitrogen and oxygen atoms in total. The molecule has 0 aromatic heterocycles. The van der Waals surface area contributed by atoms with Crippen LogP contribution in [0, 0.1) is 0 Å². The molecule has 0 aromatic rings. The smallest absolute Gasteiger partial charge is 0.322 e. The van der Waals surface area contributed by atoms with Gasteiger partial charge in [0.2, 0.25) is 0 Å². The molecule has 1 unspecified atom stereocenters. The average molecular weight is 242 g/mol. The van der Waals surface area contributed by atoms with Crippen molar-refractivity contribution in [1.29, 1.82) is 0 Å². The SMILES string of the molecule is CNC(CCN1CCCCCCC1)C(=O)OC. The van der Waals surface area contributed by atoms with E-state index in [4.69, 9.17) is 4.74 Å². The summed E-state index contributed by atoms with van der Waals surface area (Å²) in [5, 5.41) is 3.02. The molecule has 0 radical (unpaired) electrons. The van der Waals surface area contributed by atoms with E-state index in [9.17, 15) is 4.79 Å². The van der Waals surface area contributed by atoms with Crippen LogP contribution in [-0.2, 0) is 9.53 Å². The molecule has 0 amide bonds. The van der Waals surface area contributed by atoms with E-state index < -0.39 is 0 Å². The number of nitrogens with one attached hydrogen (secondary N) is 1. The third-order valence-electron chi connectivity index (χ3n) is 3.52. The van der Waals surface area contributed by atoms with Gasteiger partial charge in [0.1, 0.15) is 6.04 Å². The molecule has 0 spiro atoms. The number of carbonyl (C=O) groups excluding carboxylic acids is 1. The van der Waals surface area contributed by atoms with Gasteiger partial charge in [0, 0.05) is 6.54 Å². The summed E-state index contributed by atoms with van der Waals surface area (Å²) < 4.78 is 4.77. The number of likely N-dealkylation sites (N-methyl/N-ethyl adjacent to an activating group) is 1. The maximum absolute atomic E-state index is 11.4. The fourth-order valence-electron chi connectivity index (χ4n) is 2.37. The van der Waals surface area contributed by atoms with E-state index in [1.807, 2.05) is 7.05 Å². The highest BCUT2D eigenvalue weighted by atomic mass is 16.5. The Morgan fingerprint density at radius 1 is 1.24 bits per heavy atom. The summed E-state index contributed by atoms with van der Waals surface area (Å²) in [7, 11) is 3.26. The van der Waals surface area contributed by atoms with Crippen LogP contribution in [0.1, 0.15) is 38.5 Å². The average Bonchev–Trinajstić information content (AvgIpc) is 2.31. The number of ether oxygens (including phenoxy) is 1. The van der Waals surface area contributed by atoms with Crippen LogP contribution in [0.25, 0.3) is 0 Å². The van der Waals surface area contributed by atoms with Gasteiger partial charge in [0.05, 0.1) is 7.11 Å². The largest absolute Gasteiger partial charge is 0.468 e. The molecule has 0 aliphatic carbocycles. The molecular formula is C13H26N2O2. The second kappa shape index (κ2) is 8.48. The van der Waals surface area contributed by atoms with Gasteiger partial charge in [0.15, 0.2) is 0 Å². The molecule has 0 saturated carbocycles. The van der Waals surface area contributed by atoms with Gasteiger partial charge in [-0.3, -0.25) is 4.79 Å². The van der Waals surface area contributed by atoms with Crippen LogP contribution in [0.5, 0.6) is 0 Å². The van der Waals surface area contributed by atoms with Crippen LogP contribution in [0.3, 0.4) is 0 Å². The minimum absolute atomic E-state index is 0.153. The highest BCUT2D eigenvalue weighted by molar-refractivity contribution is 5.75. The lowest BCUT2D eigenvalue weighted by molar-refractivity contribution is -0.143. The number of hydrogen-bond acceptors (Lipinski definition) is 4. The lowest BCUT2D eigenvalue weighted by Gasteiger charge is -2.25. The molecular weight excluding hydrogens is 216 g/mol. The quantitative estimate of drug-likeness (QED) is 0.740. The van der Waals surface area contributed by atoms with Gasteiger partial charge in [-0.1, -0.05) is 19.3 Å². The van der Waals surface area contributed by atoms with Gasteiger partial charge in [-0.25, -0.2) is 0 Å². The molecule has 1 aliphatic heterocycles. The monoisotopic (exact) mass is 242 g/mol. The zero-order chi connectivity index (χ0) is 12.5. The number of esters is 1. The number of likely N-dealkylation sites (tertiary alicyclic amines) is 1. The maximum atomic E-state index is 11.4. The van der Waals surface area contributed by atoms with Crippen molar-refractivity contribution in [3.05, 3.63) is 0 Å². The number of methoxy groups -OCH3 is 1. The van der Waals surface area contributed by atoms with E-state index in [0.29, 0.717) is 0 Å². The van der Waals surface area contributed by atoms with E-state index in [-0.39, 0.29) is 12.0 Å². The molecule has 1 saturated heterocycles. The molecule has 100 valence electrons. The maximum Gasteiger partial charge on any atom is 0.322 e. The van der Waals surface area contributed by atoms with Crippen molar-refractivity contribution >= 4 is 5.97 Å². The van der Waals surface area contributed by atoms with Crippen LogP contribution in [0.4, 0.5) is 0 Å². The zero-order valence-corrected chi connectivity index (χ0v) is 11.2. The van der Waals surface area contributed by atoms with Gasteiger partial charge in [-0.15, -0.1) is 0 Å². The molecule has 1 heterocycles. The van der Waals surface area contributed by atoms with E-state index >= 15 is 0 Å². The highest BCUT2D eigenvalue weighted by Crippen LogP contribution is 2.11. The molecule has 1 atom stereocenters. The van der Waals surface area contributed by atoms with E-state index in [1.54, 1.807) is 0 Å². The Labute approximate surface area is 105 Å². The normalized spacial score (nSPS) is 20.4. The summed E-state index contributed by atoms with van der Waals surface area (Å²) in [5.74, 6) is -0.153. The van der Waals surface area contributed by atoms with Gasteiger partial charge in [-0.05, 0) is 39.4 Å². The minimum Gasteiger partial charge on any atom is -0.468 e. The van der Waals surface area contributed by atoms with Crippen LogP contribution in [-0.4, -0.2) is 50.7 Å². The van der Waals surface area contributed by atoms with Crippen LogP contribution >= 0.6 is 0 Å². The van der Waals surface area contributed by atoms with Crippen molar-refractivity contribution in [2.75, 3.05) is 33.8 Å². The van der Waals surface area contributed by atoms with Crippen molar-refractivity contribution in [2.24, 2.45) is 0 Å². The standard InChI is InChI=1S/C13H26N2O2/c1-14-12(13(16)17-2)8-11-15-9-6-4-3-5-7-10-15/h12,14H,3-11H2,1-2H3. The first-order chi connectivity index (χ1) is 8.27. The summed E-state index contributed by atoms with van der Waals surface area (Å²) >= 11 is 0. The van der Waals surface area contributed by atoms with Gasteiger partial charge in [0.25, 0.3) is 0 Å². The Bertz CT molecular complexity index is 213. The van der Waals surface area contributed by atoms with Crippen LogP contribution in [0.2, 0.25) is 0 Å². The number of carbonyl (C=O) groups is 1. The topological polar surface area (TPSA) is 41.6 Å². The summed E-state index contributed by atoms with van der Waals surface area (Å²) in [4.78, 5) is 13.9. The Morgan fingerprint density at radius 2 is 1.82 bits per heavy atom. The Balaban J connectivity index is 2.28. The predicted molar refractivity (Wildman–Crippen MR) is 69.0 cm³/mol. The summed E-state index contributed by atoms with van der Waals surface area (Å²) in [6, 6.07) is -0.162. The molecule has 1 fully saturated rings. The molecule has 0 bridgehead atoms. The molecule has 0 aromatic carbocycles. The first kappa shape index (κ1) is 14.5. The minimum atomic E-state index is -0.162. The Hall–Kier alpha value is -0.610. The zero-order valence-electron chi connectivity index (χ0n) is 11.2. The van der Waals surface area contributed by atoms with Crippen molar-refractivity contribution in [2.45, 2.75) is 44.6 Å². The molecule has 17 heavy (non-hydrogen) atoms. The summed E-state index contributed by atoms with van der Waals surface area (Å²) in [6.45, 7) is 3.34. The second-order valence-electron chi connectivity index (χ2n) is 4.76. The van der Waals surface area contributed by atoms with Gasteiger partial charge in [-0.2, -0.15) is 0 Å². The first-order valence-electron chi connectivity index (χ1n) is 6.75. The van der Waals surface area contributed by atoms with Crippen molar-refractivity contribution in [3.8, 4) is 0 Å². The van der Waals surface area contributed by atoms with Gasteiger partial charge >= 0.3 is 5.97 Å². The highest BCUT2D eigenvalue weighted by Gasteiger charge is 2.18. The summed E-state index contributed by atoms with van der Waals surface area (Å²) in [6.07, 6.45) is 7.51. The number of nitrogens with zero attached hydrogens (tertiary/aromatic N) is 1. The second-order valence-corrected chi connectivity index (χ2v) is 4.76. The number of rotatable bonds is 5. The van der Waals surface area contributed by atoms with Crippen molar-refractivity contribution < 1.29 is 9.53 Å². The predicted octanol–water partition coefficient (Wildman–Crippen LogP) is 1.40. The fourth-order valence-corrected chi connectivity index (χ4v) is 2.37. The number of hydrogen-bond donors (Lipinski definition) is 1. The van der Waals surface area contributed by atoms with E-state index in [1.165, 1.54) is 52.3 Å². The van der Waals surface area contributed by atoms with E-state index in [0.717, 1.165) is 13.0 Å². The third kappa shape index (κ3) is 5.50. The van der Waals surface area contributed by atoms with E-state index in [2.05, 4.69) is 10.2 Å². The van der Waals surface area contributed by atoms with Gasteiger partial charge < -0.3 is 15.0 Å². The molecule has 1 rings (SSSR count). The Morgan fingerprint density at radius 3 is 2.35 bits per heavy atom.